The molecule has 2 aromatic carbocycles. The van der Waals surface area contributed by atoms with Crippen LogP contribution < -0.4 is 20.7 Å². The monoisotopic (exact) mass is 474 g/mol. The van der Waals surface area contributed by atoms with Crippen LogP contribution in [-0.2, 0) is 14.8 Å². The maximum atomic E-state index is 12.7. The Morgan fingerprint density at radius 3 is 2.18 bits per heavy atom. The Morgan fingerprint density at radius 1 is 1.03 bits per heavy atom. The van der Waals surface area contributed by atoms with Gasteiger partial charge in [-0.3, -0.25) is 15.0 Å². The van der Waals surface area contributed by atoms with E-state index in [-0.39, 0.29) is 16.4 Å². The molecule has 0 bridgehead atoms. The first kappa shape index (κ1) is 24.0. The van der Waals surface area contributed by atoms with Crippen molar-refractivity contribution in [2.45, 2.75) is 17.5 Å². The van der Waals surface area contributed by atoms with E-state index >= 15 is 0 Å². The average Bonchev–Trinajstić information content (AvgIpc) is 2.79. The van der Waals surface area contributed by atoms with Gasteiger partial charge in [-0.25, -0.2) is 8.42 Å². The third kappa shape index (κ3) is 6.43. The highest BCUT2D eigenvalue weighted by Gasteiger charge is 2.24. The van der Waals surface area contributed by atoms with Crippen LogP contribution in [0.2, 0.25) is 0 Å². The van der Waals surface area contributed by atoms with E-state index in [0.717, 1.165) is 5.69 Å². The number of carboxylic acids is 1. The third-order valence-corrected chi connectivity index (χ3v) is 6.64. The normalized spacial score (nSPS) is 15.0. The van der Waals surface area contributed by atoms with Crippen LogP contribution in [0, 0.1) is 5.41 Å². The summed E-state index contributed by atoms with van der Waals surface area (Å²) in [5.41, 5.74) is 6.66. The van der Waals surface area contributed by atoms with Gasteiger partial charge in [0.25, 0.3) is 5.91 Å². The molecule has 11 nitrogen and oxygen atoms in total. The van der Waals surface area contributed by atoms with Crippen molar-refractivity contribution in [3.05, 3.63) is 60.2 Å². The third-order valence-electron chi connectivity index (χ3n) is 5.15. The molecule has 0 spiro atoms. The quantitative estimate of drug-likeness (QED) is 0.205. The second-order valence-corrected chi connectivity index (χ2v) is 9.18. The molecule has 0 saturated carbocycles. The summed E-state index contributed by atoms with van der Waals surface area (Å²) in [6.45, 7) is 2.59. The number of nitrogens with one attached hydrogen (secondary N) is 3. The Hall–Kier alpha value is -3.64. The molecule has 1 aliphatic rings. The molecule has 1 amide bonds. The molecule has 0 aliphatic carbocycles. The van der Waals surface area contributed by atoms with Crippen LogP contribution in [0.25, 0.3) is 0 Å². The number of sulfonamides is 1. The van der Waals surface area contributed by atoms with Gasteiger partial charge in [0.15, 0.2) is 5.96 Å². The Morgan fingerprint density at radius 2 is 1.64 bits per heavy atom. The molecule has 3 rings (SSSR count). The Bertz CT molecular complexity index is 1100. The molecule has 1 fully saturated rings. The largest absolute Gasteiger partial charge is 0.481 e. The smallest absolute Gasteiger partial charge is 0.306 e. The molecule has 33 heavy (non-hydrogen) atoms. The van der Waals surface area contributed by atoms with Crippen molar-refractivity contribution in [2.75, 3.05) is 31.1 Å². The van der Waals surface area contributed by atoms with Crippen LogP contribution in [0.3, 0.4) is 0 Å². The van der Waals surface area contributed by atoms with Crippen molar-refractivity contribution in [3.8, 4) is 0 Å². The lowest BCUT2D eigenvalue weighted by atomic mass is 10.1. The van der Waals surface area contributed by atoms with Crippen LogP contribution in [0.1, 0.15) is 16.8 Å². The minimum absolute atomic E-state index is 0.0381. The summed E-state index contributed by atoms with van der Waals surface area (Å²) in [5.74, 6) is -1.83. The standard InChI is InChI=1S/C21H26N6O5S/c22-21(23)27-12-10-26(11-13-27)16-8-6-15(7-9-16)20(30)24-18(14-19(28)29)25-33(31,32)17-4-2-1-3-5-17/h1-9,18,25H,10-14H2,(H3,22,23)(H,24,30)(H,28,29). The van der Waals surface area contributed by atoms with Crippen molar-refractivity contribution < 1.29 is 23.1 Å². The van der Waals surface area contributed by atoms with Gasteiger partial charge in [0.1, 0.15) is 6.17 Å². The molecular formula is C21H26N6O5S. The fourth-order valence-electron chi connectivity index (χ4n) is 3.42. The van der Waals surface area contributed by atoms with Crippen molar-refractivity contribution in [3.63, 3.8) is 0 Å². The predicted molar refractivity (Wildman–Crippen MR) is 122 cm³/mol. The number of benzene rings is 2. The topological polar surface area (TPSA) is 169 Å². The molecule has 1 heterocycles. The Balaban J connectivity index is 1.66. The van der Waals surface area contributed by atoms with Gasteiger partial charge < -0.3 is 26.0 Å². The molecule has 1 atom stereocenters. The molecule has 0 radical (unpaired) electrons. The Labute approximate surface area is 191 Å². The summed E-state index contributed by atoms with van der Waals surface area (Å²) in [7, 11) is -4.03. The van der Waals surface area contributed by atoms with Crippen LogP contribution in [0.15, 0.2) is 59.5 Å². The van der Waals surface area contributed by atoms with E-state index in [1.807, 2.05) is 0 Å². The fraction of sp³-hybridized carbons (Fsp3) is 0.286. The number of nitrogens with two attached hydrogens (primary N) is 1. The summed E-state index contributed by atoms with van der Waals surface area (Å²) in [6.07, 6.45) is -1.96. The van der Waals surface area contributed by atoms with Crippen molar-refractivity contribution >= 4 is 33.5 Å². The number of hydrogen-bond donors (Lipinski definition) is 5. The van der Waals surface area contributed by atoms with Gasteiger partial charge in [0, 0.05) is 37.4 Å². The lowest BCUT2D eigenvalue weighted by Crippen LogP contribution is -2.50. The molecule has 1 unspecified atom stereocenters. The minimum Gasteiger partial charge on any atom is -0.481 e. The summed E-state index contributed by atoms with van der Waals surface area (Å²) < 4.78 is 27.3. The molecule has 176 valence electrons. The molecule has 0 aromatic heterocycles. The lowest BCUT2D eigenvalue weighted by Gasteiger charge is -2.36. The van der Waals surface area contributed by atoms with Gasteiger partial charge in [-0.05, 0) is 36.4 Å². The second kappa shape index (κ2) is 10.3. The van der Waals surface area contributed by atoms with Crippen molar-refractivity contribution in [1.29, 1.82) is 5.41 Å². The molecule has 12 heteroatoms. The summed E-state index contributed by atoms with van der Waals surface area (Å²) in [4.78, 5) is 27.7. The zero-order valence-corrected chi connectivity index (χ0v) is 18.6. The zero-order chi connectivity index (χ0) is 24.0. The molecule has 1 aliphatic heterocycles. The summed E-state index contributed by atoms with van der Waals surface area (Å²) >= 11 is 0. The van der Waals surface area contributed by atoms with E-state index in [1.165, 1.54) is 12.1 Å². The summed E-state index contributed by atoms with van der Waals surface area (Å²) in [6, 6.07) is 14.2. The van der Waals surface area contributed by atoms with E-state index in [0.29, 0.717) is 26.2 Å². The first-order valence-corrected chi connectivity index (χ1v) is 11.7. The average molecular weight is 475 g/mol. The number of hydrogen-bond acceptors (Lipinski definition) is 6. The predicted octanol–water partition coefficient (Wildman–Crippen LogP) is 0.211. The molecule has 1 saturated heterocycles. The zero-order valence-electron chi connectivity index (χ0n) is 17.8. The maximum Gasteiger partial charge on any atom is 0.306 e. The highest BCUT2D eigenvalue weighted by Crippen LogP contribution is 2.17. The number of carbonyl (C=O) groups excluding carboxylic acids is 1. The molecular weight excluding hydrogens is 448 g/mol. The second-order valence-electron chi connectivity index (χ2n) is 7.46. The highest BCUT2D eigenvalue weighted by atomic mass is 32.2. The van der Waals surface area contributed by atoms with E-state index in [1.54, 1.807) is 47.4 Å². The maximum absolute atomic E-state index is 12.7. The first-order chi connectivity index (χ1) is 15.7. The Kier molecular flexibility index (Phi) is 7.51. The highest BCUT2D eigenvalue weighted by molar-refractivity contribution is 7.89. The summed E-state index contributed by atoms with van der Waals surface area (Å²) in [5, 5.41) is 19.1. The van der Waals surface area contributed by atoms with E-state index < -0.39 is 34.5 Å². The van der Waals surface area contributed by atoms with Gasteiger partial charge in [-0.15, -0.1) is 0 Å². The number of amides is 1. The van der Waals surface area contributed by atoms with Crippen LogP contribution in [0.4, 0.5) is 5.69 Å². The minimum atomic E-state index is -4.03. The first-order valence-electron chi connectivity index (χ1n) is 10.2. The number of anilines is 1. The lowest BCUT2D eigenvalue weighted by molar-refractivity contribution is -0.137. The van der Waals surface area contributed by atoms with Crippen LogP contribution in [0.5, 0.6) is 0 Å². The van der Waals surface area contributed by atoms with Crippen molar-refractivity contribution in [1.82, 2.24) is 14.9 Å². The number of carboxylic acid groups (broad SMARTS) is 1. The van der Waals surface area contributed by atoms with E-state index in [2.05, 4.69) is 14.9 Å². The van der Waals surface area contributed by atoms with Gasteiger partial charge >= 0.3 is 5.97 Å². The van der Waals surface area contributed by atoms with E-state index in [9.17, 15) is 18.0 Å². The van der Waals surface area contributed by atoms with Crippen LogP contribution in [-0.4, -0.2) is 68.6 Å². The van der Waals surface area contributed by atoms with E-state index in [4.69, 9.17) is 16.2 Å². The van der Waals surface area contributed by atoms with Gasteiger partial charge in [-0.2, -0.15) is 4.72 Å². The van der Waals surface area contributed by atoms with Gasteiger partial charge in [-0.1, -0.05) is 18.2 Å². The number of carbonyl (C=O) groups is 2. The number of rotatable bonds is 8. The number of aliphatic carboxylic acids is 1. The molecule has 6 N–H and O–H groups in total. The number of piperazine rings is 1. The van der Waals surface area contributed by atoms with Crippen molar-refractivity contribution in [2.24, 2.45) is 5.73 Å². The molecule has 2 aromatic rings. The fourth-order valence-corrected chi connectivity index (χ4v) is 4.59. The van der Waals surface area contributed by atoms with Gasteiger partial charge in [0.2, 0.25) is 10.0 Å². The number of nitrogens with zero attached hydrogens (tertiary/aromatic N) is 2. The SMILES string of the molecule is N=C(N)N1CCN(c2ccc(C(=O)NC(CC(=O)O)NS(=O)(=O)c3ccccc3)cc2)CC1. The number of guanidine groups is 1. The van der Waals surface area contributed by atoms with Crippen LogP contribution >= 0.6 is 0 Å². The van der Waals surface area contributed by atoms with Gasteiger partial charge in [0.05, 0.1) is 11.3 Å².